The van der Waals surface area contributed by atoms with Gasteiger partial charge in [0, 0.05) is 34.0 Å². The average molecular weight is 946 g/mol. The number of aryl methyl sites for hydroxylation is 2. The lowest BCUT2D eigenvalue weighted by Gasteiger charge is -2.31. The molecular weight excluding hydrogens is 890 g/mol. The molecule has 1 unspecified atom stereocenters. The third-order valence-electron chi connectivity index (χ3n) is 14.2. The van der Waals surface area contributed by atoms with Crippen LogP contribution in [0.1, 0.15) is 98.7 Å². The average Bonchev–Trinajstić information content (AvgIpc) is 4.05. The zero-order chi connectivity index (χ0) is 47.9. The molecule has 3 fully saturated rings. The van der Waals surface area contributed by atoms with Gasteiger partial charge in [0.25, 0.3) is 0 Å². The standard InChI is InChI=1S/C50H56FN9O7S/c1-23(2)42(56-49(63)65-7)46(61)58-13-9-10-35(58)44-52-22-33(55-44)28-16-31(51)41-37-18-29-15-27(11-12-34(29)60(37)48(67-39(41)20-28)40-14-25(5)26(6)68-40)32-21-53-45(54-32)38-19-30-17-36(30)59(38)47(62)43(24(3)4)57-50(64)66-8/h11-12,14-16,18,20-24,30,35-36,38,42-43,48H,9-10,13,17,19H2,1-8H3,(H,52,55)(H,53,54)(H,56,63)(H,57,64)/t30-,35+,36-,38+,42+,43+,48?/m1/s1. The maximum atomic E-state index is 16.9. The number of likely N-dealkylation sites (tertiary alicyclic amines) is 2. The van der Waals surface area contributed by atoms with E-state index in [0.717, 1.165) is 56.7 Å². The number of fused-ring (bicyclic) bond motifs is 6. The molecule has 7 atom stereocenters. The number of ether oxygens (including phenoxy) is 3. The Morgan fingerprint density at radius 3 is 2.15 bits per heavy atom. The van der Waals surface area contributed by atoms with E-state index in [9.17, 15) is 19.2 Å². The molecule has 16 nitrogen and oxygen atoms in total. The number of nitrogens with zero attached hydrogens (tertiary/aromatic N) is 5. The summed E-state index contributed by atoms with van der Waals surface area (Å²) in [4.78, 5) is 74.4. The molecule has 0 spiro atoms. The lowest BCUT2D eigenvalue weighted by Crippen LogP contribution is -2.52. The van der Waals surface area contributed by atoms with Gasteiger partial charge in [0.1, 0.15) is 35.3 Å². The number of carbonyl (C=O) groups excluding carboxylic acids is 4. The van der Waals surface area contributed by atoms with Crippen molar-refractivity contribution in [2.24, 2.45) is 17.8 Å². The fourth-order valence-electron chi connectivity index (χ4n) is 10.4. The zero-order valence-corrected chi connectivity index (χ0v) is 40.1. The number of piperidine rings is 1. The van der Waals surface area contributed by atoms with Crippen molar-refractivity contribution < 1.29 is 37.8 Å². The predicted octanol–water partition coefficient (Wildman–Crippen LogP) is 8.93. The highest BCUT2D eigenvalue weighted by atomic mass is 32.1. The van der Waals surface area contributed by atoms with E-state index >= 15 is 4.39 Å². The van der Waals surface area contributed by atoms with Crippen molar-refractivity contribution in [3.63, 3.8) is 0 Å². The fourth-order valence-corrected chi connectivity index (χ4v) is 11.4. The van der Waals surface area contributed by atoms with Gasteiger partial charge < -0.3 is 44.6 Å². The van der Waals surface area contributed by atoms with Crippen LogP contribution in [0.5, 0.6) is 5.75 Å². The van der Waals surface area contributed by atoms with Crippen molar-refractivity contribution in [3.05, 3.63) is 87.6 Å². The largest absolute Gasteiger partial charge is 0.464 e. The number of H-pyrrole nitrogens is 2. The number of benzene rings is 2. The highest BCUT2D eigenvalue weighted by Gasteiger charge is 2.56. The summed E-state index contributed by atoms with van der Waals surface area (Å²) in [5.41, 5.74) is 5.79. The number of halogens is 1. The molecular formula is C50H56FN9O7S. The third-order valence-corrected chi connectivity index (χ3v) is 15.4. The SMILES string of the molecule is COC(=O)N[C@H](C(=O)N1CCC[C@H]1c1ncc(-c2cc(F)c3c(c2)OC(c2cc(C)c(C)s2)n2c-3cc3cc(-c4cnc([C@@H]5C[C@H]6C[C@H]6N5C(=O)[C@@H](NC(=O)OC)C(C)C)[nH]4)ccc32)[nH]1)C(C)C. The molecule has 1 saturated carbocycles. The van der Waals surface area contributed by atoms with E-state index in [4.69, 9.17) is 24.2 Å². The number of hydrogen-bond donors (Lipinski definition) is 4. The van der Waals surface area contributed by atoms with E-state index in [1.165, 1.54) is 20.3 Å². The second-order valence-corrected chi connectivity index (χ2v) is 20.5. The van der Waals surface area contributed by atoms with Crippen molar-refractivity contribution in [1.29, 1.82) is 0 Å². The van der Waals surface area contributed by atoms with Crippen LogP contribution in [0.4, 0.5) is 14.0 Å². The number of methoxy groups -OCH3 is 2. The summed E-state index contributed by atoms with van der Waals surface area (Å²) >= 11 is 1.64. The van der Waals surface area contributed by atoms with Crippen LogP contribution in [-0.4, -0.2) is 97.2 Å². The van der Waals surface area contributed by atoms with Crippen molar-refractivity contribution >= 4 is 46.2 Å². The molecule has 7 heterocycles. The van der Waals surface area contributed by atoms with Crippen molar-refractivity contribution in [2.45, 2.75) is 104 Å². The first-order chi connectivity index (χ1) is 32.6. The summed E-state index contributed by atoms with van der Waals surface area (Å²) in [6, 6.07) is 11.6. The number of rotatable bonds is 11. The van der Waals surface area contributed by atoms with Gasteiger partial charge in [-0.2, -0.15) is 0 Å². The second-order valence-electron chi connectivity index (χ2n) is 19.2. The van der Waals surface area contributed by atoms with Crippen LogP contribution in [0.2, 0.25) is 0 Å². The minimum atomic E-state index is -0.770. The molecule has 3 aliphatic heterocycles. The van der Waals surface area contributed by atoms with Crippen LogP contribution < -0.4 is 15.4 Å². The first-order valence-corrected chi connectivity index (χ1v) is 24.1. The third kappa shape index (κ3) is 7.85. The number of alkyl carbamates (subject to hydrolysis) is 2. The van der Waals surface area contributed by atoms with E-state index in [0.29, 0.717) is 58.8 Å². The van der Waals surface area contributed by atoms with Crippen LogP contribution in [0.15, 0.2) is 54.9 Å². The quantitative estimate of drug-likeness (QED) is 0.0983. The number of thiophene rings is 1. The molecule has 10 rings (SSSR count). The van der Waals surface area contributed by atoms with Crippen LogP contribution >= 0.6 is 11.3 Å². The number of aromatic amines is 2. The zero-order valence-electron chi connectivity index (χ0n) is 39.3. The summed E-state index contributed by atoms with van der Waals surface area (Å²) in [5.74, 6) is 0.900. The van der Waals surface area contributed by atoms with E-state index in [1.54, 1.807) is 28.6 Å². The van der Waals surface area contributed by atoms with Crippen LogP contribution in [0.25, 0.3) is 44.7 Å². The molecule has 18 heteroatoms. The van der Waals surface area contributed by atoms with E-state index in [1.807, 2.05) is 56.9 Å². The maximum absolute atomic E-state index is 16.9. The molecule has 4 amide bonds. The summed E-state index contributed by atoms with van der Waals surface area (Å²) in [5, 5.41) is 6.31. The Balaban J connectivity index is 0.964. The lowest BCUT2D eigenvalue weighted by molar-refractivity contribution is -0.137. The Bertz CT molecular complexity index is 2950. The molecule has 0 radical (unpaired) electrons. The summed E-state index contributed by atoms with van der Waals surface area (Å²) in [6.45, 7) is 12.2. The molecule has 6 aromatic rings. The molecule has 0 bridgehead atoms. The molecule has 4 aromatic heterocycles. The Kier molecular flexibility index (Phi) is 11.6. The number of nitrogens with one attached hydrogen (secondary N) is 4. The topological polar surface area (TPSA) is 189 Å². The number of hydrogen-bond acceptors (Lipinski definition) is 10. The Labute approximate surface area is 396 Å². The summed E-state index contributed by atoms with van der Waals surface area (Å²) in [7, 11) is 2.56. The highest BCUT2D eigenvalue weighted by molar-refractivity contribution is 7.12. The molecule has 4 N–H and O–H groups in total. The van der Waals surface area contributed by atoms with Gasteiger partial charge in [0.2, 0.25) is 18.0 Å². The normalized spacial score (nSPS) is 21.3. The van der Waals surface area contributed by atoms with Gasteiger partial charge >= 0.3 is 12.2 Å². The smallest absolute Gasteiger partial charge is 0.407 e. The molecule has 68 heavy (non-hydrogen) atoms. The second kappa shape index (κ2) is 17.4. The molecule has 4 aliphatic rings. The Morgan fingerprint density at radius 1 is 0.838 bits per heavy atom. The summed E-state index contributed by atoms with van der Waals surface area (Å²) < 4.78 is 35.5. The summed E-state index contributed by atoms with van der Waals surface area (Å²) in [6.07, 6.45) is 4.70. The van der Waals surface area contributed by atoms with Crippen molar-refractivity contribution in [1.82, 2.24) is 44.9 Å². The predicted molar refractivity (Wildman–Crippen MR) is 253 cm³/mol. The van der Waals surface area contributed by atoms with Crippen LogP contribution in [0.3, 0.4) is 0 Å². The molecule has 356 valence electrons. The highest BCUT2D eigenvalue weighted by Crippen LogP contribution is 2.54. The number of amides is 4. The Hall–Kier alpha value is -6.69. The van der Waals surface area contributed by atoms with E-state index < -0.39 is 36.3 Å². The van der Waals surface area contributed by atoms with Gasteiger partial charge in [-0.05, 0) is 99.2 Å². The van der Waals surface area contributed by atoms with Gasteiger partial charge in [-0.15, -0.1) is 11.3 Å². The van der Waals surface area contributed by atoms with Gasteiger partial charge in [0.15, 0.2) is 0 Å². The minimum Gasteiger partial charge on any atom is -0.464 e. The minimum absolute atomic E-state index is 0.107. The van der Waals surface area contributed by atoms with Gasteiger partial charge in [-0.1, -0.05) is 33.8 Å². The first kappa shape index (κ1) is 45.1. The van der Waals surface area contributed by atoms with Crippen LogP contribution in [0, 0.1) is 37.4 Å². The number of aromatic nitrogens is 5. The van der Waals surface area contributed by atoms with Crippen molar-refractivity contribution in [3.8, 4) is 39.5 Å². The molecule has 2 aromatic carbocycles. The van der Waals surface area contributed by atoms with Crippen LogP contribution in [-0.2, 0) is 19.1 Å². The molecule has 1 aliphatic carbocycles. The monoisotopic (exact) mass is 945 g/mol. The fraction of sp³-hybridized carbons (Fsp3) is 0.440. The van der Waals surface area contributed by atoms with E-state index in [2.05, 4.69) is 51.1 Å². The van der Waals surface area contributed by atoms with Gasteiger partial charge in [0.05, 0.1) is 71.7 Å². The lowest BCUT2D eigenvalue weighted by atomic mass is 10.0. The Morgan fingerprint density at radius 2 is 1.50 bits per heavy atom. The van der Waals surface area contributed by atoms with Crippen molar-refractivity contribution in [2.75, 3.05) is 20.8 Å². The number of carbonyl (C=O) groups is 4. The maximum Gasteiger partial charge on any atom is 0.407 e. The van der Waals surface area contributed by atoms with Gasteiger partial charge in [-0.25, -0.2) is 23.9 Å². The first-order valence-electron chi connectivity index (χ1n) is 23.3. The van der Waals surface area contributed by atoms with E-state index in [-0.39, 0.29) is 41.8 Å². The molecule has 2 saturated heterocycles. The number of imidazole rings is 2. The van der Waals surface area contributed by atoms with Gasteiger partial charge in [-0.3, -0.25) is 14.2 Å².